The predicted octanol–water partition coefficient (Wildman–Crippen LogP) is 3.91. The van der Waals surface area contributed by atoms with Crippen LogP contribution in [-0.2, 0) is 4.79 Å². The molecule has 2 aromatic rings. The smallest absolute Gasteiger partial charge is 0.268 e. The van der Waals surface area contributed by atoms with Crippen LogP contribution in [0.5, 0.6) is 5.75 Å². The Morgan fingerprint density at radius 2 is 1.62 bits per heavy atom. The molecule has 4 rings (SSSR count). The van der Waals surface area contributed by atoms with Gasteiger partial charge in [-0.25, -0.2) is 22.0 Å². The number of rotatable bonds is 1. The van der Waals surface area contributed by atoms with Crippen molar-refractivity contribution in [2.45, 2.75) is 18.4 Å². The maximum absolute atomic E-state index is 14.3. The van der Waals surface area contributed by atoms with Crippen LogP contribution in [0.25, 0.3) is 11.1 Å². The number of carbonyl (C=O) groups excluding carboxylic acids is 1. The first kappa shape index (κ1) is 14.9. The standard InChI is InChI=1S/C16H8F5NO2/c17-7-5-11-10(22-15(23)16(24-11)1-2-16)3-6(7)12-8(18)4-9(19)13(20)14(12)21/h3-5H,1-2H2,(H,22,23). The van der Waals surface area contributed by atoms with Crippen LogP contribution in [0.15, 0.2) is 18.2 Å². The molecule has 1 fully saturated rings. The van der Waals surface area contributed by atoms with E-state index in [-0.39, 0.29) is 17.5 Å². The second-order valence-corrected chi connectivity index (χ2v) is 5.72. The lowest BCUT2D eigenvalue weighted by molar-refractivity contribution is -0.125. The van der Waals surface area contributed by atoms with Crippen LogP contribution in [0.4, 0.5) is 27.6 Å². The fraction of sp³-hybridized carbons (Fsp3) is 0.188. The molecule has 124 valence electrons. The summed E-state index contributed by atoms with van der Waals surface area (Å²) in [4.78, 5) is 11.9. The van der Waals surface area contributed by atoms with E-state index in [1.165, 1.54) is 0 Å². The molecule has 1 aliphatic heterocycles. The van der Waals surface area contributed by atoms with Gasteiger partial charge in [0.1, 0.15) is 17.4 Å². The van der Waals surface area contributed by atoms with E-state index in [0.717, 1.165) is 12.1 Å². The van der Waals surface area contributed by atoms with Gasteiger partial charge in [-0.1, -0.05) is 0 Å². The van der Waals surface area contributed by atoms with Crippen molar-refractivity contribution in [2.24, 2.45) is 0 Å². The second kappa shape index (κ2) is 4.68. The minimum Gasteiger partial charge on any atom is -0.475 e. The monoisotopic (exact) mass is 341 g/mol. The van der Waals surface area contributed by atoms with Crippen molar-refractivity contribution >= 4 is 11.6 Å². The first-order chi connectivity index (χ1) is 11.3. The third kappa shape index (κ3) is 1.98. The zero-order valence-electron chi connectivity index (χ0n) is 11.9. The number of amides is 1. The van der Waals surface area contributed by atoms with Gasteiger partial charge in [0.15, 0.2) is 23.1 Å². The summed E-state index contributed by atoms with van der Waals surface area (Å²) >= 11 is 0. The number of hydrogen-bond donors (Lipinski definition) is 1. The largest absolute Gasteiger partial charge is 0.475 e. The van der Waals surface area contributed by atoms with E-state index in [2.05, 4.69) is 5.32 Å². The van der Waals surface area contributed by atoms with Crippen molar-refractivity contribution in [3.05, 3.63) is 47.3 Å². The first-order valence-corrected chi connectivity index (χ1v) is 7.00. The molecule has 1 spiro atoms. The maximum Gasteiger partial charge on any atom is 0.268 e. The van der Waals surface area contributed by atoms with Crippen LogP contribution in [0.2, 0.25) is 0 Å². The molecule has 8 heteroatoms. The third-order valence-corrected chi connectivity index (χ3v) is 4.12. The Hall–Kier alpha value is -2.64. The Bertz CT molecular complexity index is 908. The lowest BCUT2D eigenvalue weighted by atomic mass is 10.0. The highest BCUT2D eigenvalue weighted by molar-refractivity contribution is 6.03. The summed E-state index contributed by atoms with van der Waals surface area (Å²) in [7, 11) is 0. The fourth-order valence-corrected chi connectivity index (χ4v) is 2.68. The van der Waals surface area contributed by atoms with Crippen molar-refractivity contribution in [1.29, 1.82) is 0 Å². The molecular formula is C16H8F5NO2. The average molecular weight is 341 g/mol. The number of benzene rings is 2. The molecule has 0 bridgehead atoms. The fourth-order valence-electron chi connectivity index (χ4n) is 2.68. The van der Waals surface area contributed by atoms with E-state index in [9.17, 15) is 26.7 Å². The van der Waals surface area contributed by atoms with E-state index in [0.29, 0.717) is 12.8 Å². The predicted molar refractivity (Wildman–Crippen MR) is 72.9 cm³/mol. The van der Waals surface area contributed by atoms with Gasteiger partial charge in [0, 0.05) is 30.5 Å². The molecule has 0 unspecified atom stereocenters. The lowest BCUT2D eigenvalue weighted by Gasteiger charge is -2.26. The quantitative estimate of drug-likeness (QED) is 0.485. The van der Waals surface area contributed by atoms with E-state index in [1.54, 1.807) is 0 Å². The summed E-state index contributed by atoms with van der Waals surface area (Å²) in [6, 6.07) is 1.90. The average Bonchev–Trinajstić information content (AvgIpc) is 3.28. The highest BCUT2D eigenvalue weighted by atomic mass is 19.2. The molecule has 0 radical (unpaired) electrons. The number of ether oxygens (including phenoxy) is 1. The molecule has 1 heterocycles. The van der Waals surface area contributed by atoms with Crippen LogP contribution >= 0.6 is 0 Å². The van der Waals surface area contributed by atoms with Crippen molar-refractivity contribution in [3.63, 3.8) is 0 Å². The highest BCUT2D eigenvalue weighted by Crippen LogP contribution is 2.48. The first-order valence-electron chi connectivity index (χ1n) is 7.00. The molecule has 24 heavy (non-hydrogen) atoms. The molecule has 2 aliphatic rings. The molecular weight excluding hydrogens is 333 g/mol. The summed E-state index contributed by atoms with van der Waals surface area (Å²) < 4.78 is 73.9. The van der Waals surface area contributed by atoms with Crippen molar-refractivity contribution < 1.29 is 31.5 Å². The van der Waals surface area contributed by atoms with Crippen LogP contribution < -0.4 is 10.1 Å². The number of anilines is 1. The van der Waals surface area contributed by atoms with Gasteiger partial charge in [-0.3, -0.25) is 4.79 Å². The topological polar surface area (TPSA) is 38.3 Å². The van der Waals surface area contributed by atoms with Gasteiger partial charge in [-0.05, 0) is 6.07 Å². The van der Waals surface area contributed by atoms with Crippen LogP contribution in [0, 0.1) is 29.1 Å². The van der Waals surface area contributed by atoms with Gasteiger partial charge in [0.05, 0.1) is 11.3 Å². The zero-order chi connectivity index (χ0) is 17.2. The lowest BCUT2D eigenvalue weighted by Crippen LogP contribution is -2.39. The minimum atomic E-state index is -1.92. The Balaban J connectivity index is 1.88. The molecule has 1 amide bonds. The van der Waals surface area contributed by atoms with Gasteiger partial charge >= 0.3 is 0 Å². The van der Waals surface area contributed by atoms with Gasteiger partial charge in [-0.2, -0.15) is 0 Å². The number of nitrogens with one attached hydrogen (secondary N) is 1. The van der Waals surface area contributed by atoms with Gasteiger partial charge in [0.2, 0.25) is 0 Å². The van der Waals surface area contributed by atoms with Crippen LogP contribution in [-0.4, -0.2) is 11.5 Å². The zero-order valence-corrected chi connectivity index (χ0v) is 11.9. The molecule has 1 saturated carbocycles. The normalized spacial score (nSPS) is 17.3. The molecule has 3 nitrogen and oxygen atoms in total. The molecule has 0 aromatic heterocycles. The Labute approximate surface area is 132 Å². The van der Waals surface area contributed by atoms with E-state index in [1.807, 2.05) is 0 Å². The highest BCUT2D eigenvalue weighted by Gasteiger charge is 2.55. The Morgan fingerprint density at radius 1 is 0.917 bits per heavy atom. The Kier molecular flexibility index (Phi) is 2.91. The summed E-state index contributed by atoms with van der Waals surface area (Å²) in [5.41, 5.74) is -2.73. The van der Waals surface area contributed by atoms with Gasteiger partial charge < -0.3 is 10.1 Å². The van der Waals surface area contributed by atoms with Crippen molar-refractivity contribution in [3.8, 4) is 16.9 Å². The summed E-state index contributed by atoms with van der Waals surface area (Å²) in [6.45, 7) is 0. The van der Waals surface area contributed by atoms with E-state index < -0.39 is 51.7 Å². The van der Waals surface area contributed by atoms with E-state index in [4.69, 9.17) is 4.74 Å². The minimum absolute atomic E-state index is 0.00235. The third-order valence-electron chi connectivity index (χ3n) is 4.12. The molecule has 1 N–H and O–H groups in total. The number of fused-ring (bicyclic) bond motifs is 1. The molecule has 2 aromatic carbocycles. The van der Waals surface area contributed by atoms with Crippen molar-refractivity contribution in [1.82, 2.24) is 0 Å². The Morgan fingerprint density at radius 3 is 2.29 bits per heavy atom. The van der Waals surface area contributed by atoms with Gasteiger partial charge in [0.25, 0.3) is 5.91 Å². The number of hydrogen-bond acceptors (Lipinski definition) is 2. The number of halogens is 5. The molecule has 1 aliphatic carbocycles. The van der Waals surface area contributed by atoms with Crippen LogP contribution in [0.1, 0.15) is 12.8 Å². The van der Waals surface area contributed by atoms with E-state index >= 15 is 0 Å². The second-order valence-electron chi connectivity index (χ2n) is 5.72. The molecule has 0 atom stereocenters. The number of carbonyl (C=O) groups is 1. The van der Waals surface area contributed by atoms with Gasteiger partial charge in [-0.15, -0.1) is 0 Å². The maximum atomic E-state index is 14.3. The van der Waals surface area contributed by atoms with Crippen LogP contribution in [0.3, 0.4) is 0 Å². The van der Waals surface area contributed by atoms with Crippen molar-refractivity contribution in [2.75, 3.05) is 5.32 Å². The SMILES string of the molecule is O=C1Nc2cc(-c3c(F)cc(F)c(F)c3F)c(F)cc2OC12CC2. The summed E-state index contributed by atoms with van der Waals surface area (Å²) in [5, 5.41) is 2.47. The molecule has 0 saturated heterocycles. The summed E-state index contributed by atoms with van der Waals surface area (Å²) in [5.74, 6) is -8.49. The summed E-state index contributed by atoms with van der Waals surface area (Å²) in [6.07, 6.45) is 0.960.